The predicted octanol–water partition coefficient (Wildman–Crippen LogP) is 2.89. The highest BCUT2D eigenvalue weighted by molar-refractivity contribution is 5.50. The fourth-order valence-electron chi connectivity index (χ4n) is 1.29. The molecule has 2 aromatic rings. The topological polar surface area (TPSA) is 72.6 Å². The number of phenols is 1. The standard InChI is InChI=1S/C12H8NO4/c14-12-7-6-10(8-11(12)13(15)16)17-9-4-2-1-3-5-9/h2-8,14H. The summed E-state index contributed by atoms with van der Waals surface area (Å²) in [5, 5.41) is 19.9. The van der Waals surface area contributed by atoms with E-state index >= 15 is 0 Å². The first-order chi connectivity index (χ1) is 8.16. The molecule has 0 unspecified atom stereocenters. The quantitative estimate of drug-likeness (QED) is 0.649. The van der Waals surface area contributed by atoms with Gasteiger partial charge in [0.1, 0.15) is 11.5 Å². The molecule has 0 aliphatic rings. The monoisotopic (exact) mass is 230 g/mol. The summed E-state index contributed by atoms with van der Waals surface area (Å²) < 4.78 is 5.39. The van der Waals surface area contributed by atoms with Gasteiger partial charge in [0.05, 0.1) is 11.0 Å². The van der Waals surface area contributed by atoms with E-state index in [1.54, 1.807) is 24.3 Å². The molecule has 0 heterocycles. The Labute approximate surface area is 97.0 Å². The molecule has 0 aromatic heterocycles. The molecule has 1 N–H and O–H groups in total. The Morgan fingerprint density at radius 1 is 1.18 bits per heavy atom. The van der Waals surface area contributed by atoms with Gasteiger partial charge in [0.15, 0.2) is 5.75 Å². The van der Waals surface area contributed by atoms with Crippen LogP contribution in [-0.4, -0.2) is 10.0 Å². The molecule has 0 bridgehead atoms. The van der Waals surface area contributed by atoms with Crippen LogP contribution in [0, 0.1) is 16.2 Å². The summed E-state index contributed by atoms with van der Waals surface area (Å²) in [6, 6.07) is 13.4. The summed E-state index contributed by atoms with van der Waals surface area (Å²) in [6.07, 6.45) is 0. The summed E-state index contributed by atoms with van der Waals surface area (Å²) >= 11 is 0. The largest absolute Gasteiger partial charge is 0.502 e. The molecule has 0 amide bonds. The van der Waals surface area contributed by atoms with Crippen LogP contribution >= 0.6 is 0 Å². The Bertz CT molecular complexity index is 539. The van der Waals surface area contributed by atoms with Gasteiger partial charge in [-0.05, 0) is 30.3 Å². The SMILES string of the molecule is O=[N+]([O-])c1cc(Oc2cc[c]cc2)ccc1O. The molecule has 0 saturated heterocycles. The van der Waals surface area contributed by atoms with Crippen LogP contribution in [-0.2, 0) is 0 Å². The van der Waals surface area contributed by atoms with Crippen molar-refractivity contribution < 1.29 is 14.8 Å². The third-order valence-corrected chi connectivity index (χ3v) is 2.07. The lowest BCUT2D eigenvalue weighted by Crippen LogP contribution is -1.90. The number of nitro groups is 1. The maximum absolute atomic E-state index is 10.6. The minimum absolute atomic E-state index is 0.292. The maximum Gasteiger partial charge on any atom is 0.314 e. The fourth-order valence-corrected chi connectivity index (χ4v) is 1.29. The molecule has 5 heteroatoms. The van der Waals surface area contributed by atoms with E-state index in [-0.39, 0.29) is 11.4 Å². The molecule has 5 nitrogen and oxygen atoms in total. The first-order valence-corrected chi connectivity index (χ1v) is 4.78. The molecular formula is C12H8NO4. The lowest BCUT2D eigenvalue weighted by atomic mass is 10.3. The molecular weight excluding hydrogens is 222 g/mol. The number of nitrogens with zero attached hydrogens (tertiary/aromatic N) is 1. The molecule has 2 aromatic carbocycles. The Hall–Kier alpha value is -2.56. The van der Waals surface area contributed by atoms with Gasteiger partial charge in [0.2, 0.25) is 0 Å². The minimum atomic E-state index is -0.666. The number of hydrogen-bond donors (Lipinski definition) is 1. The maximum atomic E-state index is 10.6. The molecule has 0 aliphatic carbocycles. The number of ether oxygens (including phenoxy) is 1. The average Bonchev–Trinajstić information content (AvgIpc) is 2.32. The average molecular weight is 230 g/mol. The molecule has 85 valence electrons. The molecule has 2 rings (SSSR count). The summed E-state index contributed by atoms with van der Waals surface area (Å²) in [7, 11) is 0. The Balaban J connectivity index is 2.29. The van der Waals surface area contributed by atoms with Crippen molar-refractivity contribution in [1.82, 2.24) is 0 Å². The van der Waals surface area contributed by atoms with Crippen LogP contribution in [0.1, 0.15) is 0 Å². The molecule has 0 aliphatic heterocycles. The number of rotatable bonds is 3. The molecule has 0 spiro atoms. The number of benzene rings is 2. The Morgan fingerprint density at radius 3 is 2.53 bits per heavy atom. The molecule has 0 atom stereocenters. The molecule has 17 heavy (non-hydrogen) atoms. The molecule has 1 radical (unpaired) electrons. The zero-order valence-corrected chi connectivity index (χ0v) is 8.66. The van der Waals surface area contributed by atoms with Crippen molar-refractivity contribution in [2.24, 2.45) is 0 Å². The van der Waals surface area contributed by atoms with E-state index in [0.29, 0.717) is 11.5 Å². The van der Waals surface area contributed by atoms with Crippen LogP contribution in [0.15, 0.2) is 42.5 Å². The first-order valence-electron chi connectivity index (χ1n) is 4.78. The molecule has 0 fully saturated rings. The normalized spacial score (nSPS) is 9.88. The van der Waals surface area contributed by atoms with Crippen LogP contribution in [0.2, 0.25) is 0 Å². The van der Waals surface area contributed by atoms with Crippen molar-refractivity contribution in [3.63, 3.8) is 0 Å². The lowest BCUT2D eigenvalue weighted by molar-refractivity contribution is -0.385. The second-order valence-electron chi connectivity index (χ2n) is 3.25. The van der Waals surface area contributed by atoms with Crippen LogP contribution in [0.4, 0.5) is 5.69 Å². The van der Waals surface area contributed by atoms with Crippen LogP contribution < -0.4 is 4.74 Å². The summed E-state index contributed by atoms with van der Waals surface area (Å²) in [5.74, 6) is 0.452. The zero-order chi connectivity index (χ0) is 12.3. The Kier molecular flexibility index (Phi) is 2.91. The summed E-state index contributed by atoms with van der Waals surface area (Å²) in [5.41, 5.74) is -0.384. The van der Waals surface area contributed by atoms with Crippen molar-refractivity contribution in [1.29, 1.82) is 0 Å². The van der Waals surface area contributed by atoms with Crippen LogP contribution in [0.5, 0.6) is 17.2 Å². The van der Waals surface area contributed by atoms with E-state index in [0.717, 1.165) is 0 Å². The van der Waals surface area contributed by atoms with Crippen molar-refractivity contribution in [3.8, 4) is 17.2 Å². The van der Waals surface area contributed by atoms with Gasteiger partial charge in [0.25, 0.3) is 0 Å². The fraction of sp³-hybridized carbons (Fsp3) is 0. The number of nitro benzene ring substituents is 1. The van der Waals surface area contributed by atoms with E-state index in [1.165, 1.54) is 18.2 Å². The minimum Gasteiger partial charge on any atom is -0.502 e. The van der Waals surface area contributed by atoms with E-state index < -0.39 is 4.92 Å². The van der Waals surface area contributed by atoms with Gasteiger partial charge in [-0.3, -0.25) is 10.1 Å². The second kappa shape index (κ2) is 4.52. The van der Waals surface area contributed by atoms with Gasteiger partial charge in [-0.1, -0.05) is 12.1 Å². The highest BCUT2D eigenvalue weighted by atomic mass is 16.6. The highest BCUT2D eigenvalue weighted by Crippen LogP contribution is 2.31. The van der Waals surface area contributed by atoms with E-state index in [1.807, 2.05) is 0 Å². The predicted molar refractivity (Wildman–Crippen MR) is 60.1 cm³/mol. The zero-order valence-electron chi connectivity index (χ0n) is 8.66. The third-order valence-electron chi connectivity index (χ3n) is 2.07. The van der Waals surface area contributed by atoms with Crippen molar-refractivity contribution in [2.45, 2.75) is 0 Å². The summed E-state index contributed by atoms with van der Waals surface area (Å²) in [4.78, 5) is 9.95. The van der Waals surface area contributed by atoms with Crippen molar-refractivity contribution in [3.05, 3.63) is 58.6 Å². The van der Waals surface area contributed by atoms with Crippen LogP contribution in [0.25, 0.3) is 0 Å². The lowest BCUT2D eigenvalue weighted by Gasteiger charge is -2.05. The number of phenolic OH excluding ortho intramolecular Hbond substituents is 1. The third kappa shape index (κ3) is 2.52. The van der Waals surface area contributed by atoms with Gasteiger partial charge in [-0.25, -0.2) is 0 Å². The van der Waals surface area contributed by atoms with E-state index in [9.17, 15) is 15.2 Å². The number of aromatic hydroxyl groups is 1. The second-order valence-corrected chi connectivity index (χ2v) is 3.25. The van der Waals surface area contributed by atoms with E-state index in [2.05, 4.69) is 6.07 Å². The highest BCUT2D eigenvalue weighted by Gasteiger charge is 2.14. The van der Waals surface area contributed by atoms with Crippen LogP contribution in [0.3, 0.4) is 0 Å². The van der Waals surface area contributed by atoms with Gasteiger partial charge in [0, 0.05) is 0 Å². The first kappa shape index (κ1) is 10.9. The van der Waals surface area contributed by atoms with Crippen molar-refractivity contribution in [2.75, 3.05) is 0 Å². The van der Waals surface area contributed by atoms with E-state index in [4.69, 9.17) is 4.74 Å². The van der Waals surface area contributed by atoms with Gasteiger partial charge < -0.3 is 9.84 Å². The number of hydrogen-bond acceptors (Lipinski definition) is 4. The Morgan fingerprint density at radius 2 is 1.88 bits per heavy atom. The van der Waals surface area contributed by atoms with Gasteiger partial charge in [-0.2, -0.15) is 0 Å². The van der Waals surface area contributed by atoms with Gasteiger partial charge in [-0.15, -0.1) is 0 Å². The van der Waals surface area contributed by atoms with Gasteiger partial charge >= 0.3 is 5.69 Å². The smallest absolute Gasteiger partial charge is 0.314 e. The molecule has 0 saturated carbocycles. The summed E-state index contributed by atoms with van der Waals surface area (Å²) in [6.45, 7) is 0. The van der Waals surface area contributed by atoms with Crippen molar-refractivity contribution >= 4 is 5.69 Å².